The van der Waals surface area contributed by atoms with Crippen LogP contribution in [0.1, 0.15) is 46.0 Å². The van der Waals surface area contributed by atoms with E-state index in [2.05, 4.69) is 26.0 Å². The Morgan fingerprint density at radius 3 is 2.22 bits per heavy atom. The Balaban J connectivity index is 2.36. The second-order valence-corrected chi connectivity index (χ2v) is 5.87. The Morgan fingerprint density at radius 2 is 1.56 bits per heavy atom. The monoisotopic (exact) mass is 268 g/mol. The number of hydrogen-bond donors (Lipinski definition) is 0. The number of benzene rings is 1. The fraction of sp³-hybridized carbons (Fsp3) is 0.600. The van der Waals surface area contributed by atoms with Crippen LogP contribution in [0.4, 0.5) is 0 Å². The van der Waals surface area contributed by atoms with Gasteiger partial charge in [0.2, 0.25) is 8.38 Å². The summed E-state index contributed by atoms with van der Waals surface area (Å²) in [6.45, 7) is 5.93. The second kappa shape index (κ2) is 10.5. The lowest BCUT2D eigenvalue weighted by molar-refractivity contribution is 0.252. The lowest BCUT2D eigenvalue weighted by atomic mass is 10.2. The minimum absolute atomic E-state index is 0.773. The molecule has 0 fully saturated rings. The zero-order chi connectivity index (χ0) is 13.1. The Hall–Kier alpha value is -0.430. The van der Waals surface area contributed by atoms with Crippen molar-refractivity contribution in [2.45, 2.75) is 46.0 Å². The summed E-state index contributed by atoms with van der Waals surface area (Å²) in [6, 6.07) is 10.3. The van der Waals surface area contributed by atoms with E-state index in [0.29, 0.717) is 0 Å². The van der Waals surface area contributed by atoms with E-state index in [1.165, 1.54) is 24.6 Å². The van der Waals surface area contributed by atoms with Gasteiger partial charge in [-0.3, -0.25) is 0 Å². The first-order chi connectivity index (χ1) is 8.88. The van der Waals surface area contributed by atoms with Crippen molar-refractivity contribution in [2.75, 3.05) is 13.2 Å². The fourth-order valence-corrected chi connectivity index (χ4v) is 3.02. The van der Waals surface area contributed by atoms with Gasteiger partial charge in [0.15, 0.2) is 0 Å². The molecule has 1 rings (SSSR count). The number of unbranched alkanes of at least 4 members (excludes halogenated alkanes) is 3. The number of hydrogen-bond acceptors (Lipinski definition) is 2. The van der Waals surface area contributed by atoms with Crippen molar-refractivity contribution >= 4 is 13.7 Å². The molecule has 0 amide bonds. The highest BCUT2D eigenvalue weighted by atomic mass is 31.2. The van der Waals surface area contributed by atoms with Gasteiger partial charge < -0.3 is 9.05 Å². The molecule has 1 atom stereocenters. The summed E-state index contributed by atoms with van der Waals surface area (Å²) < 4.78 is 11.7. The summed E-state index contributed by atoms with van der Waals surface area (Å²) in [4.78, 5) is 0. The van der Waals surface area contributed by atoms with Gasteiger partial charge in [-0.15, -0.1) is 0 Å². The van der Waals surface area contributed by atoms with Crippen molar-refractivity contribution in [2.24, 2.45) is 0 Å². The van der Waals surface area contributed by atoms with Gasteiger partial charge in [-0.1, -0.05) is 51.3 Å². The van der Waals surface area contributed by atoms with Crippen LogP contribution < -0.4 is 5.30 Å². The first-order valence-corrected chi connectivity index (χ1v) is 8.17. The summed E-state index contributed by atoms with van der Waals surface area (Å²) in [5.74, 6) is 0. The van der Waals surface area contributed by atoms with Gasteiger partial charge in [0.25, 0.3) is 0 Å². The lowest BCUT2D eigenvalue weighted by Gasteiger charge is -2.17. The first kappa shape index (κ1) is 15.6. The molecule has 0 aliphatic rings. The second-order valence-electron chi connectivity index (χ2n) is 4.32. The van der Waals surface area contributed by atoms with Gasteiger partial charge in [-0.25, -0.2) is 0 Å². The fourth-order valence-electron chi connectivity index (χ4n) is 1.59. The van der Waals surface area contributed by atoms with E-state index >= 15 is 0 Å². The molecule has 102 valence electrons. The van der Waals surface area contributed by atoms with Crippen molar-refractivity contribution in [1.29, 1.82) is 0 Å². The van der Waals surface area contributed by atoms with Gasteiger partial charge in [-0.05, 0) is 25.0 Å². The summed E-state index contributed by atoms with van der Waals surface area (Å²) in [5, 5.41) is 1.18. The maximum Gasteiger partial charge on any atom is 0.205 e. The third kappa shape index (κ3) is 6.49. The zero-order valence-corrected chi connectivity index (χ0v) is 12.5. The van der Waals surface area contributed by atoms with Crippen LogP contribution >= 0.6 is 8.38 Å². The Morgan fingerprint density at radius 1 is 0.833 bits per heavy atom. The van der Waals surface area contributed by atoms with Crippen LogP contribution in [0.25, 0.3) is 0 Å². The van der Waals surface area contributed by atoms with E-state index in [-0.39, 0.29) is 0 Å². The van der Waals surface area contributed by atoms with Crippen molar-refractivity contribution in [1.82, 2.24) is 0 Å². The van der Waals surface area contributed by atoms with E-state index in [1.54, 1.807) is 0 Å². The largest absolute Gasteiger partial charge is 0.331 e. The topological polar surface area (TPSA) is 18.5 Å². The first-order valence-electron chi connectivity index (χ1n) is 6.99. The molecule has 1 aromatic carbocycles. The van der Waals surface area contributed by atoms with Crippen LogP contribution in [0.2, 0.25) is 0 Å². The van der Waals surface area contributed by atoms with Crippen molar-refractivity contribution in [3.63, 3.8) is 0 Å². The Labute approximate surface area is 113 Å². The maximum absolute atomic E-state index is 5.92. The summed E-state index contributed by atoms with van der Waals surface area (Å²) in [5.41, 5.74) is 0. The highest BCUT2D eigenvalue weighted by molar-refractivity contribution is 7.56. The third-order valence-corrected chi connectivity index (χ3v) is 4.14. The molecule has 1 unspecified atom stereocenters. The van der Waals surface area contributed by atoms with Crippen LogP contribution in [0.15, 0.2) is 30.3 Å². The predicted molar refractivity (Wildman–Crippen MR) is 79.3 cm³/mol. The van der Waals surface area contributed by atoms with Gasteiger partial charge in [0.05, 0.1) is 13.2 Å². The van der Waals surface area contributed by atoms with Gasteiger partial charge in [0, 0.05) is 5.30 Å². The molecule has 0 saturated carbocycles. The van der Waals surface area contributed by atoms with Crippen molar-refractivity contribution in [3.8, 4) is 0 Å². The molecular weight excluding hydrogens is 243 g/mol. The molecule has 0 aliphatic heterocycles. The molecule has 0 heterocycles. The lowest BCUT2D eigenvalue weighted by Crippen LogP contribution is -2.07. The molecule has 0 spiro atoms. The molecule has 0 aliphatic carbocycles. The Bertz CT molecular complexity index is 290. The van der Waals surface area contributed by atoms with Crippen LogP contribution in [0.3, 0.4) is 0 Å². The normalized spacial score (nSPS) is 12.6. The minimum atomic E-state index is -0.883. The maximum atomic E-state index is 5.92. The highest BCUT2D eigenvalue weighted by Crippen LogP contribution is 2.37. The summed E-state index contributed by atoms with van der Waals surface area (Å²) in [7, 11) is -0.883. The van der Waals surface area contributed by atoms with Crippen molar-refractivity contribution < 1.29 is 9.05 Å². The molecule has 0 aromatic heterocycles. The average molecular weight is 268 g/mol. The average Bonchev–Trinajstić information content (AvgIpc) is 2.43. The summed E-state index contributed by atoms with van der Waals surface area (Å²) in [6.07, 6.45) is 5.98. The standard InChI is InChI=1S/C15H25O2P/c1-3-5-6-10-14-17-18(16-13-4-2)15-11-8-7-9-12-15/h7-9,11-12H,3-6,10,13-14H2,1-2H3. The van der Waals surface area contributed by atoms with Gasteiger partial charge in [-0.2, -0.15) is 0 Å². The van der Waals surface area contributed by atoms with Crippen LogP contribution in [0.5, 0.6) is 0 Å². The smallest absolute Gasteiger partial charge is 0.205 e. The molecule has 0 N–H and O–H groups in total. The van der Waals surface area contributed by atoms with E-state index in [4.69, 9.17) is 9.05 Å². The molecular formula is C15H25O2P. The van der Waals surface area contributed by atoms with Gasteiger partial charge in [0.1, 0.15) is 0 Å². The van der Waals surface area contributed by atoms with E-state index < -0.39 is 8.38 Å². The third-order valence-electron chi connectivity index (χ3n) is 2.59. The van der Waals surface area contributed by atoms with Crippen LogP contribution in [-0.4, -0.2) is 13.2 Å². The van der Waals surface area contributed by atoms with Crippen LogP contribution in [0, 0.1) is 0 Å². The van der Waals surface area contributed by atoms with Crippen molar-refractivity contribution in [3.05, 3.63) is 30.3 Å². The molecule has 1 aromatic rings. The molecule has 0 bridgehead atoms. The molecule has 3 heteroatoms. The summed E-state index contributed by atoms with van der Waals surface area (Å²) >= 11 is 0. The van der Waals surface area contributed by atoms with Gasteiger partial charge >= 0.3 is 0 Å². The van der Waals surface area contributed by atoms with E-state index in [1.807, 2.05) is 18.2 Å². The molecule has 2 nitrogen and oxygen atoms in total. The SMILES string of the molecule is CCCCCCOP(OCCC)c1ccccc1. The van der Waals surface area contributed by atoms with E-state index in [0.717, 1.165) is 26.1 Å². The minimum Gasteiger partial charge on any atom is -0.331 e. The Kier molecular flexibility index (Phi) is 9.11. The van der Waals surface area contributed by atoms with Crippen LogP contribution in [-0.2, 0) is 9.05 Å². The zero-order valence-electron chi connectivity index (χ0n) is 11.6. The molecule has 0 radical (unpaired) electrons. The van der Waals surface area contributed by atoms with E-state index in [9.17, 15) is 0 Å². The molecule has 0 saturated heterocycles. The molecule has 18 heavy (non-hydrogen) atoms. The predicted octanol–water partition coefficient (Wildman–Crippen LogP) is 4.65. The highest BCUT2D eigenvalue weighted by Gasteiger charge is 2.12. The quantitative estimate of drug-likeness (QED) is 0.454. The number of rotatable bonds is 10.